The Hall–Kier alpha value is -0.570. The van der Waals surface area contributed by atoms with E-state index in [1.165, 1.54) is 24.9 Å². The Bertz CT molecular complexity index is 367. The zero-order valence-electron chi connectivity index (χ0n) is 10.4. The molecule has 0 spiro atoms. The van der Waals surface area contributed by atoms with E-state index >= 15 is 0 Å². The summed E-state index contributed by atoms with van der Waals surface area (Å²) in [6, 6.07) is 8.16. The van der Waals surface area contributed by atoms with Crippen LogP contribution in [0.1, 0.15) is 24.3 Å². The van der Waals surface area contributed by atoms with Crippen LogP contribution in [0.5, 0.6) is 0 Å². The molecule has 1 aliphatic rings. The van der Waals surface area contributed by atoms with Crippen LogP contribution in [0.25, 0.3) is 0 Å². The summed E-state index contributed by atoms with van der Waals surface area (Å²) in [7, 11) is 2.19. The van der Waals surface area contributed by atoms with Gasteiger partial charge in [-0.1, -0.05) is 23.7 Å². The Morgan fingerprint density at radius 1 is 1.53 bits per heavy atom. The van der Waals surface area contributed by atoms with Gasteiger partial charge in [-0.2, -0.15) is 0 Å². The summed E-state index contributed by atoms with van der Waals surface area (Å²) in [4.78, 5) is 2.40. The molecule has 1 fully saturated rings. The Morgan fingerprint density at radius 2 is 2.35 bits per heavy atom. The lowest BCUT2D eigenvalue weighted by Crippen LogP contribution is -2.37. The second kappa shape index (κ2) is 5.85. The summed E-state index contributed by atoms with van der Waals surface area (Å²) in [5, 5.41) is 0.810. The number of hydrogen-bond acceptors (Lipinski definition) is 2. The molecular formula is C14H21ClN2. The first-order chi connectivity index (χ1) is 8.20. The molecule has 0 radical (unpaired) electrons. The lowest BCUT2D eigenvalue weighted by Gasteiger charge is -2.35. The van der Waals surface area contributed by atoms with Gasteiger partial charge in [0.05, 0.1) is 0 Å². The molecule has 2 N–H and O–H groups in total. The first kappa shape index (κ1) is 12.9. The quantitative estimate of drug-likeness (QED) is 0.896. The smallest absolute Gasteiger partial charge is 0.0408 e. The molecule has 2 nitrogen and oxygen atoms in total. The van der Waals surface area contributed by atoms with Crippen LogP contribution < -0.4 is 5.73 Å². The molecule has 1 aromatic rings. The van der Waals surface area contributed by atoms with Crippen molar-refractivity contribution in [2.45, 2.75) is 18.8 Å². The summed E-state index contributed by atoms with van der Waals surface area (Å²) >= 11 is 6.06. The monoisotopic (exact) mass is 252 g/mol. The molecule has 0 amide bonds. The highest BCUT2D eigenvalue weighted by molar-refractivity contribution is 6.30. The van der Waals surface area contributed by atoms with Gasteiger partial charge in [-0.05, 0) is 56.6 Å². The van der Waals surface area contributed by atoms with E-state index in [1.54, 1.807) is 0 Å². The van der Waals surface area contributed by atoms with Crippen LogP contribution >= 0.6 is 11.6 Å². The predicted molar refractivity (Wildman–Crippen MR) is 73.5 cm³/mol. The van der Waals surface area contributed by atoms with Crippen LogP contribution in [0.2, 0.25) is 5.02 Å². The number of nitrogens with two attached hydrogens (primary N) is 1. The molecule has 1 heterocycles. The third-order valence-electron chi connectivity index (χ3n) is 3.76. The van der Waals surface area contributed by atoms with Crippen LogP contribution in [0.15, 0.2) is 24.3 Å². The first-order valence-electron chi connectivity index (χ1n) is 6.35. The first-order valence-corrected chi connectivity index (χ1v) is 6.72. The third kappa shape index (κ3) is 3.21. The van der Waals surface area contributed by atoms with E-state index in [9.17, 15) is 0 Å². The average molecular weight is 253 g/mol. The Labute approximate surface area is 109 Å². The van der Waals surface area contributed by atoms with Crippen molar-refractivity contribution in [1.29, 1.82) is 0 Å². The summed E-state index contributed by atoms with van der Waals surface area (Å²) in [6.45, 7) is 3.07. The van der Waals surface area contributed by atoms with Crippen molar-refractivity contribution in [3.63, 3.8) is 0 Å². The molecular weight excluding hydrogens is 232 g/mol. The molecule has 1 saturated heterocycles. The molecule has 0 saturated carbocycles. The van der Waals surface area contributed by atoms with Gasteiger partial charge in [0.1, 0.15) is 0 Å². The average Bonchev–Trinajstić information content (AvgIpc) is 2.30. The maximum atomic E-state index is 6.06. The molecule has 0 aliphatic carbocycles. The Balaban J connectivity index is 2.15. The highest BCUT2D eigenvalue weighted by Gasteiger charge is 2.26. The largest absolute Gasteiger partial charge is 0.330 e. The predicted octanol–water partition coefficient (Wildman–Crippen LogP) is 2.72. The second-order valence-electron chi connectivity index (χ2n) is 5.06. The van der Waals surface area contributed by atoms with Crippen molar-refractivity contribution in [2.75, 3.05) is 26.7 Å². The molecule has 1 aromatic carbocycles. The lowest BCUT2D eigenvalue weighted by atomic mass is 9.81. The molecule has 17 heavy (non-hydrogen) atoms. The number of benzene rings is 1. The molecule has 2 rings (SSSR count). The van der Waals surface area contributed by atoms with Crippen LogP contribution in [0.3, 0.4) is 0 Å². The second-order valence-corrected chi connectivity index (χ2v) is 5.50. The fourth-order valence-electron chi connectivity index (χ4n) is 2.87. The van der Waals surface area contributed by atoms with E-state index in [0.29, 0.717) is 18.4 Å². The number of nitrogens with zero attached hydrogens (tertiary/aromatic N) is 1. The van der Waals surface area contributed by atoms with Crippen molar-refractivity contribution in [3.05, 3.63) is 34.9 Å². The zero-order chi connectivity index (χ0) is 12.3. The highest BCUT2D eigenvalue weighted by Crippen LogP contribution is 2.31. The maximum absolute atomic E-state index is 6.06. The van der Waals surface area contributed by atoms with Gasteiger partial charge in [0, 0.05) is 17.5 Å². The SMILES string of the molecule is CN1CCCC(C(CN)c2cccc(Cl)c2)C1. The van der Waals surface area contributed by atoms with E-state index < -0.39 is 0 Å². The minimum Gasteiger partial charge on any atom is -0.330 e. The van der Waals surface area contributed by atoms with Crippen LogP contribution in [-0.2, 0) is 0 Å². The summed E-state index contributed by atoms with van der Waals surface area (Å²) < 4.78 is 0. The minimum absolute atomic E-state index is 0.441. The summed E-state index contributed by atoms with van der Waals surface area (Å²) in [6.07, 6.45) is 2.55. The standard InChI is InChI=1S/C14H21ClN2/c1-17-7-3-5-12(10-17)14(9-16)11-4-2-6-13(15)8-11/h2,4,6,8,12,14H,3,5,7,9-10,16H2,1H3. The van der Waals surface area contributed by atoms with Gasteiger partial charge in [0.15, 0.2) is 0 Å². The van der Waals surface area contributed by atoms with E-state index in [1.807, 2.05) is 12.1 Å². The van der Waals surface area contributed by atoms with Gasteiger partial charge in [-0.3, -0.25) is 0 Å². The van der Waals surface area contributed by atoms with Crippen molar-refractivity contribution in [2.24, 2.45) is 11.7 Å². The van der Waals surface area contributed by atoms with Crippen LogP contribution in [0, 0.1) is 5.92 Å². The van der Waals surface area contributed by atoms with E-state index in [2.05, 4.69) is 24.1 Å². The van der Waals surface area contributed by atoms with E-state index in [-0.39, 0.29) is 0 Å². The third-order valence-corrected chi connectivity index (χ3v) is 4.00. The number of likely N-dealkylation sites (tertiary alicyclic amines) is 1. The normalized spacial score (nSPS) is 23.6. The zero-order valence-corrected chi connectivity index (χ0v) is 11.2. The molecule has 3 heteroatoms. The Kier molecular flexibility index (Phi) is 4.43. The maximum Gasteiger partial charge on any atom is 0.0408 e. The molecule has 94 valence electrons. The molecule has 0 bridgehead atoms. The molecule has 1 aliphatic heterocycles. The molecule has 2 atom stereocenters. The highest BCUT2D eigenvalue weighted by atomic mass is 35.5. The Morgan fingerprint density at radius 3 is 3.00 bits per heavy atom. The van der Waals surface area contributed by atoms with Crippen molar-refractivity contribution in [1.82, 2.24) is 4.90 Å². The van der Waals surface area contributed by atoms with Gasteiger partial charge in [0.2, 0.25) is 0 Å². The van der Waals surface area contributed by atoms with Gasteiger partial charge in [-0.25, -0.2) is 0 Å². The van der Waals surface area contributed by atoms with Gasteiger partial charge >= 0.3 is 0 Å². The number of halogens is 1. The summed E-state index contributed by atoms with van der Waals surface area (Å²) in [5.41, 5.74) is 7.26. The van der Waals surface area contributed by atoms with Gasteiger partial charge < -0.3 is 10.6 Å². The fourth-order valence-corrected chi connectivity index (χ4v) is 3.07. The number of hydrogen-bond donors (Lipinski definition) is 1. The van der Waals surface area contributed by atoms with Gasteiger partial charge in [-0.15, -0.1) is 0 Å². The molecule has 2 unspecified atom stereocenters. The van der Waals surface area contributed by atoms with Crippen molar-refractivity contribution >= 4 is 11.6 Å². The van der Waals surface area contributed by atoms with E-state index in [4.69, 9.17) is 17.3 Å². The number of piperidine rings is 1. The topological polar surface area (TPSA) is 29.3 Å². The fraction of sp³-hybridized carbons (Fsp3) is 0.571. The minimum atomic E-state index is 0.441. The molecule has 0 aromatic heterocycles. The van der Waals surface area contributed by atoms with Crippen LogP contribution in [-0.4, -0.2) is 31.6 Å². The summed E-state index contributed by atoms with van der Waals surface area (Å²) in [5.74, 6) is 1.11. The van der Waals surface area contributed by atoms with Crippen molar-refractivity contribution in [3.8, 4) is 0 Å². The van der Waals surface area contributed by atoms with Gasteiger partial charge in [0.25, 0.3) is 0 Å². The number of rotatable bonds is 3. The van der Waals surface area contributed by atoms with E-state index in [0.717, 1.165) is 11.6 Å². The lowest BCUT2D eigenvalue weighted by molar-refractivity contribution is 0.188. The van der Waals surface area contributed by atoms with Crippen molar-refractivity contribution < 1.29 is 0 Å². The van der Waals surface area contributed by atoms with Crippen LogP contribution in [0.4, 0.5) is 0 Å².